The third-order valence-electron chi connectivity index (χ3n) is 3.41. The average molecular weight is 357 g/mol. The fraction of sp³-hybridized carbons (Fsp3) is 0.538. The molecule has 1 unspecified atom stereocenters. The molecule has 0 N–H and O–H groups in total. The number of hydrogen-bond donors (Lipinski definition) is 0. The van der Waals surface area contributed by atoms with Crippen LogP contribution >= 0.6 is 27.5 Å². The number of hydrogen-bond acceptors (Lipinski definition) is 1. The number of para-hydroxylation sites is 1. The maximum atomic E-state index is 12.8. The maximum Gasteiger partial charge on any atom is 0.393 e. The monoisotopic (exact) mass is 355 g/mol. The molecule has 1 fully saturated rings. The van der Waals surface area contributed by atoms with Crippen LogP contribution in [0, 0.1) is 5.92 Å². The van der Waals surface area contributed by atoms with Crippen LogP contribution in [0.1, 0.15) is 18.4 Å². The Labute approximate surface area is 123 Å². The summed E-state index contributed by atoms with van der Waals surface area (Å²) in [6.07, 6.45) is -3.39. The van der Waals surface area contributed by atoms with E-state index in [0.29, 0.717) is 23.3 Å². The van der Waals surface area contributed by atoms with Gasteiger partial charge in [0.05, 0.1) is 16.6 Å². The molecule has 0 saturated carbocycles. The zero-order chi connectivity index (χ0) is 14.0. The third-order valence-corrected chi connectivity index (χ3v) is 4.32. The Balaban J connectivity index is 2.27. The largest absolute Gasteiger partial charge is 0.393 e. The highest BCUT2D eigenvalue weighted by molar-refractivity contribution is 9.08. The Bertz CT molecular complexity index is 450. The highest BCUT2D eigenvalue weighted by atomic mass is 79.9. The van der Waals surface area contributed by atoms with Crippen molar-refractivity contribution in [3.8, 4) is 0 Å². The van der Waals surface area contributed by atoms with E-state index in [1.54, 1.807) is 11.0 Å². The van der Waals surface area contributed by atoms with Gasteiger partial charge in [-0.3, -0.25) is 0 Å². The number of piperidine rings is 1. The van der Waals surface area contributed by atoms with Crippen LogP contribution in [0.3, 0.4) is 0 Å². The van der Waals surface area contributed by atoms with Gasteiger partial charge in [0.1, 0.15) is 0 Å². The molecule has 1 nitrogen and oxygen atoms in total. The molecule has 0 radical (unpaired) electrons. The highest BCUT2D eigenvalue weighted by Crippen LogP contribution is 2.38. The van der Waals surface area contributed by atoms with Crippen molar-refractivity contribution in [1.82, 2.24) is 0 Å². The van der Waals surface area contributed by atoms with Crippen molar-refractivity contribution >= 4 is 33.2 Å². The van der Waals surface area contributed by atoms with Crippen molar-refractivity contribution < 1.29 is 13.2 Å². The van der Waals surface area contributed by atoms with Gasteiger partial charge < -0.3 is 4.90 Å². The van der Waals surface area contributed by atoms with Crippen molar-refractivity contribution in [3.63, 3.8) is 0 Å². The van der Waals surface area contributed by atoms with Crippen LogP contribution in [0.5, 0.6) is 0 Å². The minimum absolute atomic E-state index is 0.00671. The lowest BCUT2D eigenvalue weighted by Gasteiger charge is -2.36. The predicted octanol–water partition coefficient (Wildman–Crippen LogP) is 5.01. The Kier molecular flexibility index (Phi) is 4.66. The maximum absolute atomic E-state index is 12.8. The first-order chi connectivity index (χ1) is 8.93. The highest BCUT2D eigenvalue weighted by Gasteiger charge is 2.42. The molecule has 1 aliphatic heterocycles. The molecule has 0 aliphatic carbocycles. The number of anilines is 1. The van der Waals surface area contributed by atoms with Crippen molar-refractivity contribution in [1.29, 1.82) is 0 Å². The van der Waals surface area contributed by atoms with Crippen LogP contribution in [-0.4, -0.2) is 19.3 Å². The second-order valence-electron chi connectivity index (χ2n) is 4.71. The first-order valence-corrected chi connectivity index (χ1v) is 7.58. The van der Waals surface area contributed by atoms with Crippen LogP contribution in [0.4, 0.5) is 18.9 Å². The second-order valence-corrected chi connectivity index (χ2v) is 5.68. The molecular weight excluding hydrogens is 343 g/mol. The molecule has 1 aromatic rings. The molecule has 1 aromatic carbocycles. The van der Waals surface area contributed by atoms with E-state index >= 15 is 0 Å². The number of rotatable bonds is 2. The smallest absolute Gasteiger partial charge is 0.369 e. The van der Waals surface area contributed by atoms with Crippen LogP contribution < -0.4 is 4.90 Å². The SMILES string of the molecule is FC(F)(F)C1CCCN(c2c(Cl)cccc2CBr)C1. The number of benzene rings is 1. The number of alkyl halides is 4. The van der Waals surface area contributed by atoms with Gasteiger partial charge in [-0.25, -0.2) is 0 Å². The Hall–Kier alpha value is -0.420. The van der Waals surface area contributed by atoms with Crippen LogP contribution in [0.15, 0.2) is 18.2 Å². The van der Waals surface area contributed by atoms with E-state index in [0.717, 1.165) is 11.3 Å². The van der Waals surface area contributed by atoms with Gasteiger partial charge in [-0.1, -0.05) is 39.7 Å². The summed E-state index contributed by atoms with van der Waals surface area (Å²) in [6, 6.07) is 5.42. The molecule has 1 aliphatic rings. The summed E-state index contributed by atoms with van der Waals surface area (Å²) in [4.78, 5) is 1.76. The molecule has 0 aromatic heterocycles. The fourth-order valence-electron chi connectivity index (χ4n) is 2.47. The average Bonchev–Trinajstić information content (AvgIpc) is 2.37. The Morgan fingerprint density at radius 2 is 2.11 bits per heavy atom. The van der Waals surface area contributed by atoms with Gasteiger partial charge in [0, 0.05) is 18.4 Å². The van der Waals surface area contributed by atoms with E-state index in [2.05, 4.69) is 15.9 Å². The zero-order valence-corrected chi connectivity index (χ0v) is 12.5. The molecule has 6 heteroatoms. The van der Waals surface area contributed by atoms with Gasteiger partial charge in [-0.2, -0.15) is 13.2 Å². The molecule has 106 valence electrons. The summed E-state index contributed by atoms with van der Waals surface area (Å²) in [7, 11) is 0. The van der Waals surface area contributed by atoms with Gasteiger partial charge >= 0.3 is 6.18 Å². The Morgan fingerprint density at radius 1 is 1.37 bits per heavy atom. The molecule has 19 heavy (non-hydrogen) atoms. The van der Waals surface area contributed by atoms with E-state index < -0.39 is 12.1 Å². The molecule has 2 rings (SSSR count). The molecule has 0 spiro atoms. The molecule has 1 saturated heterocycles. The van der Waals surface area contributed by atoms with Crippen LogP contribution in [0.25, 0.3) is 0 Å². The minimum atomic E-state index is -4.13. The minimum Gasteiger partial charge on any atom is -0.369 e. The van der Waals surface area contributed by atoms with Gasteiger partial charge in [-0.05, 0) is 24.5 Å². The quantitative estimate of drug-likeness (QED) is 0.673. The van der Waals surface area contributed by atoms with Crippen molar-refractivity contribution in [2.75, 3.05) is 18.0 Å². The summed E-state index contributed by atoms with van der Waals surface area (Å²) < 4.78 is 38.5. The Morgan fingerprint density at radius 3 is 2.74 bits per heavy atom. The van der Waals surface area contributed by atoms with Crippen LogP contribution in [0.2, 0.25) is 5.02 Å². The standard InChI is InChI=1S/C13H14BrClF3N/c14-7-9-3-1-5-11(15)12(9)19-6-2-4-10(8-19)13(16,17)18/h1,3,5,10H,2,4,6-8H2. The molecule has 0 amide bonds. The van der Waals surface area contributed by atoms with E-state index in [4.69, 9.17) is 11.6 Å². The normalized spacial score (nSPS) is 20.7. The van der Waals surface area contributed by atoms with Crippen molar-refractivity contribution in [3.05, 3.63) is 28.8 Å². The van der Waals surface area contributed by atoms with Gasteiger partial charge in [0.2, 0.25) is 0 Å². The summed E-state index contributed by atoms with van der Waals surface area (Å²) in [5, 5.41) is 1.09. The summed E-state index contributed by atoms with van der Waals surface area (Å²) >= 11 is 9.52. The van der Waals surface area contributed by atoms with E-state index in [9.17, 15) is 13.2 Å². The lowest BCUT2D eigenvalue weighted by atomic mass is 9.96. The third kappa shape index (κ3) is 3.37. The van der Waals surface area contributed by atoms with E-state index in [1.165, 1.54) is 0 Å². The number of nitrogens with zero attached hydrogens (tertiary/aromatic N) is 1. The van der Waals surface area contributed by atoms with Gasteiger partial charge in [-0.15, -0.1) is 0 Å². The first kappa shape index (κ1) is 15.0. The lowest BCUT2D eigenvalue weighted by molar-refractivity contribution is -0.176. The van der Waals surface area contributed by atoms with Crippen molar-refractivity contribution in [2.24, 2.45) is 5.92 Å². The number of halogens is 5. The zero-order valence-electron chi connectivity index (χ0n) is 10.2. The van der Waals surface area contributed by atoms with E-state index in [-0.39, 0.29) is 13.0 Å². The first-order valence-electron chi connectivity index (χ1n) is 6.08. The van der Waals surface area contributed by atoms with E-state index in [1.807, 2.05) is 12.1 Å². The predicted molar refractivity (Wildman–Crippen MR) is 75.1 cm³/mol. The molecule has 0 bridgehead atoms. The molecule has 1 atom stereocenters. The summed E-state index contributed by atoms with van der Waals surface area (Å²) in [5.41, 5.74) is 1.66. The van der Waals surface area contributed by atoms with Gasteiger partial charge in [0.25, 0.3) is 0 Å². The molecular formula is C13H14BrClF3N. The van der Waals surface area contributed by atoms with Crippen molar-refractivity contribution in [2.45, 2.75) is 24.3 Å². The summed E-state index contributed by atoms with van der Waals surface area (Å²) in [5.74, 6) is -1.26. The van der Waals surface area contributed by atoms with Crippen LogP contribution in [-0.2, 0) is 5.33 Å². The summed E-state index contributed by atoms with van der Waals surface area (Å²) in [6.45, 7) is 0.615. The molecule has 1 heterocycles. The fourth-order valence-corrected chi connectivity index (χ4v) is 3.24. The second kappa shape index (κ2) is 5.92. The lowest BCUT2D eigenvalue weighted by Crippen LogP contribution is -2.42. The van der Waals surface area contributed by atoms with Gasteiger partial charge in [0.15, 0.2) is 0 Å². The topological polar surface area (TPSA) is 3.24 Å².